The number of amides is 1. The smallest absolute Gasteiger partial charge is 0.231 e. The Hall–Kier alpha value is -3.08. The number of aromatic nitrogens is 1. The van der Waals surface area contributed by atoms with Gasteiger partial charge in [-0.25, -0.2) is 0 Å². The summed E-state index contributed by atoms with van der Waals surface area (Å²) in [5.41, 5.74) is 6.25. The van der Waals surface area contributed by atoms with Gasteiger partial charge in [0.15, 0.2) is 0 Å². The van der Waals surface area contributed by atoms with Crippen LogP contribution in [0.2, 0.25) is 0 Å². The summed E-state index contributed by atoms with van der Waals surface area (Å²) in [7, 11) is 1.67. The quantitative estimate of drug-likeness (QED) is 0.669. The van der Waals surface area contributed by atoms with Gasteiger partial charge in [0.1, 0.15) is 11.5 Å². The Kier molecular flexibility index (Phi) is 3.79. The van der Waals surface area contributed by atoms with Crippen LogP contribution < -0.4 is 9.64 Å². The molecule has 28 heavy (non-hydrogen) atoms. The third kappa shape index (κ3) is 2.61. The van der Waals surface area contributed by atoms with E-state index in [0.29, 0.717) is 12.5 Å². The third-order valence-corrected chi connectivity index (χ3v) is 5.99. The van der Waals surface area contributed by atoms with Gasteiger partial charge >= 0.3 is 0 Å². The largest absolute Gasteiger partial charge is 0.497 e. The molecular formula is C23H22N2O3. The Labute approximate surface area is 163 Å². The van der Waals surface area contributed by atoms with Gasteiger partial charge in [0.05, 0.1) is 19.3 Å². The molecule has 1 aliphatic heterocycles. The zero-order valence-corrected chi connectivity index (χ0v) is 16.2. The fourth-order valence-corrected chi connectivity index (χ4v) is 4.25. The van der Waals surface area contributed by atoms with Crippen molar-refractivity contribution in [2.24, 2.45) is 5.92 Å². The molecule has 0 bridgehead atoms. The molecule has 142 valence electrons. The molecule has 0 radical (unpaired) electrons. The van der Waals surface area contributed by atoms with Gasteiger partial charge in [0, 0.05) is 17.2 Å². The number of nitrogens with zero attached hydrogens (tertiary/aromatic N) is 2. The lowest BCUT2D eigenvalue weighted by Crippen LogP contribution is -2.35. The number of carbonyl (C=O) groups excluding carboxylic acids is 1. The SMILES string of the molecule is COc1cccc(-c2ccc3c(c2)N(Cc2c(C)noc2C)C(=O)C2CC32)c1. The second kappa shape index (κ2) is 6.23. The number of fused-ring (bicyclic) bond motifs is 3. The number of carbonyl (C=O) groups is 1. The number of anilines is 1. The van der Waals surface area contributed by atoms with Crippen molar-refractivity contribution in [3.05, 3.63) is 65.0 Å². The highest BCUT2D eigenvalue weighted by atomic mass is 16.5. The summed E-state index contributed by atoms with van der Waals surface area (Å²) in [6, 6.07) is 14.5. The van der Waals surface area contributed by atoms with E-state index >= 15 is 0 Å². The molecule has 0 saturated heterocycles. The summed E-state index contributed by atoms with van der Waals surface area (Å²) in [6.45, 7) is 4.32. The molecular weight excluding hydrogens is 352 g/mol. The molecule has 2 aliphatic rings. The van der Waals surface area contributed by atoms with Crippen molar-refractivity contribution >= 4 is 11.6 Å². The summed E-state index contributed by atoms with van der Waals surface area (Å²) < 4.78 is 10.7. The number of hydrogen-bond donors (Lipinski definition) is 0. The molecule has 1 saturated carbocycles. The first-order valence-corrected chi connectivity index (χ1v) is 9.58. The average Bonchev–Trinajstić information content (AvgIpc) is 3.47. The minimum absolute atomic E-state index is 0.121. The van der Waals surface area contributed by atoms with Crippen LogP contribution in [-0.2, 0) is 11.3 Å². The summed E-state index contributed by atoms with van der Waals surface area (Å²) >= 11 is 0. The second-order valence-electron chi connectivity index (χ2n) is 7.68. The van der Waals surface area contributed by atoms with E-state index in [2.05, 4.69) is 29.4 Å². The predicted octanol–water partition coefficient (Wildman–Crippen LogP) is 4.62. The molecule has 2 heterocycles. The maximum absolute atomic E-state index is 13.1. The fraction of sp³-hybridized carbons (Fsp3) is 0.304. The topological polar surface area (TPSA) is 55.6 Å². The van der Waals surface area contributed by atoms with Crippen LogP contribution in [0.15, 0.2) is 47.0 Å². The molecule has 5 nitrogen and oxygen atoms in total. The van der Waals surface area contributed by atoms with E-state index < -0.39 is 0 Å². The van der Waals surface area contributed by atoms with Crippen LogP contribution in [0.3, 0.4) is 0 Å². The van der Waals surface area contributed by atoms with Crippen LogP contribution in [0.1, 0.15) is 34.9 Å². The van der Waals surface area contributed by atoms with Gasteiger partial charge in [-0.1, -0.05) is 29.4 Å². The van der Waals surface area contributed by atoms with Gasteiger partial charge in [0.25, 0.3) is 0 Å². The predicted molar refractivity (Wildman–Crippen MR) is 106 cm³/mol. The lowest BCUT2D eigenvalue weighted by atomic mass is 9.95. The molecule has 0 N–H and O–H groups in total. The molecule has 1 aromatic heterocycles. The van der Waals surface area contributed by atoms with Crippen molar-refractivity contribution in [2.75, 3.05) is 12.0 Å². The Morgan fingerprint density at radius 2 is 1.96 bits per heavy atom. The van der Waals surface area contributed by atoms with E-state index in [4.69, 9.17) is 9.26 Å². The number of rotatable bonds is 4. The molecule has 2 atom stereocenters. The molecule has 1 fully saturated rings. The highest BCUT2D eigenvalue weighted by molar-refractivity contribution is 6.02. The van der Waals surface area contributed by atoms with E-state index in [1.165, 1.54) is 5.56 Å². The van der Waals surface area contributed by atoms with Crippen molar-refractivity contribution in [2.45, 2.75) is 32.7 Å². The van der Waals surface area contributed by atoms with Crippen LogP contribution in [0, 0.1) is 19.8 Å². The van der Waals surface area contributed by atoms with Gasteiger partial charge in [-0.3, -0.25) is 4.79 Å². The Balaban J connectivity index is 1.59. The summed E-state index contributed by atoms with van der Waals surface area (Å²) in [5, 5.41) is 4.05. The first-order chi connectivity index (χ1) is 13.6. The molecule has 1 aliphatic carbocycles. The minimum atomic E-state index is 0.121. The van der Waals surface area contributed by atoms with Crippen molar-refractivity contribution in [3.8, 4) is 16.9 Å². The highest BCUT2D eigenvalue weighted by Gasteiger charge is 2.51. The standard InChI is InChI=1S/C23H22N2O3/c1-13-21(14(2)28-24-13)12-25-22-10-16(15-5-4-6-17(9-15)27-3)7-8-18(22)19-11-20(19)23(25)26/h4-10,19-20H,11-12H2,1-3H3. The Morgan fingerprint density at radius 1 is 1.14 bits per heavy atom. The maximum atomic E-state index is 13.1. The lowest BCUT2D eigenvalue weighted by Gasteiger charge is -2.29. The van der Waals surface area contributed by atoms with Crippen LogP contribution in [-0.4, -0.2) is 18.2 Å². The number of aryl methyl sites for hydroxylation is 2. The van der Waals surface area contributed by atoms with E-state index in [1.807, 2.05) is 36.9 Å². The molecule has 0 spiro atoms. The van der Waals surface area contributed by atoms with Crippen LogP contribution in [0.4, 0.5) is 5.69 Å². The van der Waals surface area contributed by atoms with Gasteiger partial charge in [0.2, 0.25) is 5.91 Å². The third-order valence-electron chi connectivity index (χ3n) is 5.99. The van der Waals surface area contributed by atoms with Crippen molar-refractivity contribution in [1.29, 1.82) is 0 Å². The zero-order valence-electron chi connectivity index (χ0n) is 16.2. The van der Waals surface area contributed by atoms with Gasteiger partial charge < -0.3 is 14.2 Å². The van der Waals surface area contributed by atoms with E-state index in [1.54, 1.807) is 7.11 Å². The van der Waals surface area contributed by atoms with Crippen molar-refractivity contribution < 1.29 is 14.1 Å². The van der Waals surface area contributed by atoms with E-state index in [9.17, 15) is 4.79 Å². The number of ether oxygens (including phenoxy) is 1. The van der Waals surface area contributed by atoms with Gasteiger partial charge in [-0.05, 0) is 61.1 Å². The summed E-state index contributed by atoms with van der Waals surface area (Å²) in [4.78, 5) is 15.0. The molecule has 3 aromatic rings. The highest BCUT2D eigenvalue weighted by Crippen LogP contribution is 2.56. The Morgan fingerprint density at radius 3 is 2.71 bits per heavy atom. The number of benzene rings is 2. The fourth-order valence-electron chi connectivity index (χ4n) is 4.25. The van der Waals surface area contributed by atoms with Crippen LogP contribution in [0.25, 0.3) is 11.1 Å². The van der Waals surface area contributed by atoms with Crippen molar-refractivity contribution in [1.82, 2.24) is 5.16 Å². The molecule has 5 rings (SSSR count). The lowest BCUT2D eigenvalue weighted by molar-refractivity contribution is -0.120. The summed E-state index contributed by atoms with van der Waals surface area (Å²) in [6.07, 6.45) is 0.947. The monoisotopic (exact) mass is 374 g/mol. The van der Waals surface area contributed by atoms with E-state index in [0.717, 1.165) is 46.0 Å². The normalized spacial score (nSPS) is 20.0. The molecule has 5 heteroatoms. The second-order valence-corrected chi connectivity index (χ2v) is 7.68. The molecule has 2 aromatic carbocycles. The molecule has 2 unspecified atom stereocenters. The van der Waals surface area contributed by atoms with Gasteiger partial charge in [-0.2, -0.15) is 0 Å². The maximum Gasteiger partial charge on any atom is 0.231 e. The van der Waals surface area contributed by atoms with Crippen LogP contribution >= 0.6 is 0 Å². The number of hydrogen-bond acceptors (Lipinski definition) is 4. The minimum Gasteiger partial charge on any atom is -0.497 e. The molecule has 1 amide bonds. The average molecular weight is 374 g/mol. The van der Waals surface area contributed by atoms with Gasteiger partial charge in [-0.15, -0.1) is 0 Å². The van der Waals surface area contributed by atoms with E-state index in [-0.39, 0.29) is 11.8 Å². The summed E-state index contributed by atoms with van der Waals surface area (Å²) in [5.74, 6) is 2.29. The van der Waals surface area contributed by atoms with Crippen molar-refractivity contribution in [3.63, 3.8) is 0 Å². The first-order valence-electron chi connectivity index (χ1n) is 9.58. The zero-order chi connectivity index (χ0) is 19.4. The number of methoxy groups -OCH3 is 1. The first kappa shape index (κ1) is 17.0. The Bertz CT molecular complexity index is 1070. The van der Waals surface area contributed by atoms with Crippen LogP contribution in [0.5, 0.6) is 5.75 Å².